The van der Waals surface area contributed by atoms with E-state index >= 15 is 0 Å². The molecule has 226 valence electrons. The summed E-state index contributed by atoms with van der Waals surface area (Å²) in [5.74, 6) is 0.0451. The molecule has 3 unspecified atom stereocenters. The summed E-state index contributed by atoms with van der Waals surface area (Å²) >= 11 is 0. The molecule has 6 N–H and O–H groups in total. The summed E-state index contributed by atoms with van der Waals surface area (Å²) in [5, 5.41) is 15.2. The van der Waals surface area contributed by atoms with Gasteiger partial charge in [0.15, 0.2) is 0 Å². The standard InChI is InChI=1S/C23H32N3O12P3/c1-5-26(6-2)17-8-7-15-9-16-10-18(14(4)24-23(16)25-19(15)11-17)22-13(3)21(27)20(36-22)12-35-40(31,32)38-41(33,34)37-39(28,29)30/h7-11,13,20-22,27H,4-6,12H2,1-3H3,(H,24,25)(H,31,32)(H,33,34)(H2,28,29,30)/t13?,20-,21-,22-/m1/s1. The molecule has 0 bridgehead atoms. The van der Waals surface area contributed by atoms with Crippen molar-refractivity contribution in [3.05, 3.63) is 46.0 Å². The van der Waals surface area contributed by atoms with E-state index in [9.17, 15) is 28.6 Å². The summed E-state index contributed by atoms with van der Waals surface area (Å²) in [4.78, 5) is 43.2. The maximum absolute atomic E-state index is 12.1. The number of nitrogens with zero attached hydrogens (tertiary/aromatic N) is 2. The largest absolute Gasteiger partial charge is 0.490 e. The first kappa shape index (κ1) is 32.0. The highest BCUT2D eigenvalue weighted by Crippen LogP contribution is 2.66. The van der Waals surface area contributed by atoms with Gasteiger partial charge in [-0.2, -0.15) is 8.62 Å². The van der Waals surface area contributed by atoms with Crippen molar-refractivity contribution in [3.8, 4) is 0 Å². The van der Waals surface area contributed by atoms with Gasteiger partial charge in [0.05, 0.1) is 24.2 Å². The SMILES string of the molecule is C=c1nc2c(cc1[C@@H]1O[C@H](COP(=O)(O)OP(=O)(O)OP(=O)(O)O)[C@H](O)C1C)=Cc1ccc(N(CC)CC)cc1N2. The molecule has 18 heteroatoms. The van der Waals surface area contributed by atoms with Crippen LogP contribution in [0.15, 0.2) is 24.3 Å². The third kappa shape index (κ3) is 7.52. The smallest absolute Gasteiger partial charge is 0.390 e. The Bertz CT molecular complexity index is 1560. The molecule has 3 heterocycles. The Morgan fingerprint density at radius 2 is 1.76 bits per heavy atom. The molecule has 2 aliphatic rings. The molecule has 0 aliphatic carbocycles. The number of aliphatic hydroxyl groups excluding tert-OH is 1. The van der Waals surface area contributed by atoms with Gasteiger partial charge in [-0.15, -0.1) is 0 Å². The normalized spacial score (nSPS) is 24.8. The van der Waals surface area contributed by atoms with Crippen molar-refractivity contribution in [1.82, 2.24) is 4.98 Å². The highest BCUT2D eigenvalue weighted by molar-refractivity contribution is 7.66. The van der Waals surface area contributed by atoms with Crippen molar-refractivity contribution >= 4 is 53.3 Å². The van der Waals surface area contributed by atoms with Crippen LogP contribution in [0.25, 0.3) is 12.7 Å². The van der Waals surface area contributed by atoms with Gasteiger partial charge in [0.25, 0.3) is 0 Å². The Labute approximate surface area is 235 Å². The van der Waals surface area contributed by atoms with Crippen molar-refractivity contribution < 1.29 is 56.3 Å². The number of benzene rings is 1. The molecular formula is C23H32N3O12P3. The van der Waals surface area contributed by atoms with E-state index in [4.69, 9.17) is 14.5 Å². The minimum Gasteiger partial charge on any atom is -0.390 e. The van der Waals surface area contributed by atoms with E-state index in [1.807, 2.05) is 24.3 Å². The van der Waals surface area contributed by atoms with E-state index in [-0.39, 0.29) is 0 Å². The summed E-state index contributed by atoms with van der Waals surface area (Å²) in [5.41, 5.74) is 3.49. The van der Waals surface area contributed by atoms with Crippen LogP contribution in [0, 0.1) is 5.92 Å². The first-order valence-electron chi connectivity index (χ1n) is 12.5. The molecule has 0 amide bonds. The number of anilines is 3. The quantitative estimate of drug-likeness (QED) is 0.166. The van der Waals surface area contributed by atoms with E-state index in [0.29, 0.717) is 16.7 Å². The minimum absolute atomic E-state index is 0.380. The predicted octanol–water partition coefficient (Wildman–Crippen LogP) is 2.00. The summed E-state index contributed by atoms with van der Waals surface area (Å²) < 4.78 is 52.4. The lowest BCUT2D eigenvalue weighted by Crippen LogP contribution is -2.29. The number of pyridine rings is 1. The lowest BCUT2D eigenvalue weighted by molar-refractivity contribution is -0.0224. The van der Waals surface area contributed by atoms with Crippen LogP contribution in [0.5, 0.6) is 0 Å². The summed E-state index contributed by atoms with van der Waals surface area (Å²) in [6.45, 7) is 10.9. The van der Waals surface area contributed by atoms with E-state index < -0.39 is 54.3 Å². The topological polar surface area (TPSA) is 217 Å². The molecule has 15 nitrogen and oxygen atoms in total. The van der Waals surface area contributed by atoms with E-state index in [0.717, 1.165) is 35.2 Å². The fraction of sp³-hybridized carbons (Fsp3) is 0.435. The molecule has 4 rings (SSSR count). The van der Waals surface area contributed by atoms with E-state index in [1.54, 1.807) is 6.92 Å². The number of rotatable bonds is 11. The highest BCUT2D eigenvalue weighted by atomic mass is 31.3. The molecule has 1 aromatic carbocycles. The highest BCUT2D eigenvalue weighted by Gasteiger charge is 2.45. The Hall–Kier alpha value is -1.96. The number of phosphoric acid groups is 3. The number of aliphatic hydroxyl groups is 1. The van der Waals surface area contributed by atoms with Gasteiger partial charge in [0.1, 0.15) is 11.9 Å². The van der Waals surface area contributed by atoms with Crippen molar-refractivity contribution in [2.45, 2.75) is 39.1 Å². The zero-order valence-corrected chi connectivity index (χ0v) is 25.0. The summed E-state index contributed by atoms with van der Waals surface area (Å²) in [7, 11) is -16.6. The van der Waals surface area contributed by atoms with Crippen LogP contribution in [0.4, 0.5) is 17.2 Å². The lowest BCUT2D eigenvalue weighted by atomic mass is 9.93. The van der Waals surface area contributed by atoms with E-state index in [2.05, 4.69) is 54.8 Å². The molecular weight excluding hydrogens is 603 g/mol. The van der Waals surface area contributed by atoms with Crippen LogP contribution in [-0.2, 0) is 31.6 Å². The molecule has 2 aliphatic heterocycles. The van der Waals surface area contributed by atoms with Gasteiger partial charge in [-0.25, -0.2) is 18.7 Å². The molecule has 1 fully saturated rings. The first-order valence-corrected chi connectivity index (χ1v) is 17.0. The number of nitrogens with one attached hydrogen (secondary N) is 1. The average Bonchev–Trinajstić information content (AvgIpc) is 3.13. The Morgan fingerprint density at radius 1 is 1.07 bits per heavy atom. The van der Waals surface area contributed by atoms with Gasteiger partial charge < -0.3 is 39.6 Å². The number of hydrogen-bond donors (Lipinski definition) is 6. The van der Waals surface area contributed by atoms with Crippen LogP contribution in [-0.4, -0.2) is 61.6 Å². The third-order valence-electron chi connectivity index (χ3n) is 6.74. The van der Waals surface area contributed by atoms with E-state index in [1.165, 1.54) is 0 Å². The molecule has 0 spiro atoms. The van der Waals surface area contributed by atoms with Crippen molar-refractivity contribution in [2.75, 3.05) is 29.9 Å². The average molecular weight is 635 g/mol. The van der Waals surface area contributed by atoms with Crippen LogP contribution < -0.4 is 20.8 Å². The second-order valence-corrected chi connectivity index (χ2v) is 13.9. The summed E-state index contributed by atoms with van der Waals surface area (Å²) in [6.07, 6.45) is -1.17. The maximum atomic E-state index is 12.1. The fourth-order valence-electron chi connectivity index (χ4n) is 4.77. The second-order valence-electron chi connectivity index (χ2n) is 9.51. The van der Waals surface area contributed by atoms with Crippen molar-refractivity contribution in [1.29, 1.82) is 0 Å². The minimum atomic E-state index is -5.67. The molecule has 2 aromatic rings. The van der Waals surface area contributed by atoms with Crippen LogP contribution in [0.2, 0.25) is 0 Å². The number of fused-ring (bicyclic) bond motifs is 2. The Kier molecular flexibility index (Phi) is 9.33. The zero-order chi connectivity index (χ0) is 30.3. The Morgan fingerprint density at radius 3 is 2.39 bits per heavy atom. The van der Waals surface area contributed by atoms with Gasteiger partial charge in [0.2, 0.25) is 0 Å². The van der Waals surface area contributed by atoms with Gasteiger partial charge in [0, 0.05) is 41.2 Å². The zero-order valence-electron chi connectivity index (χ0n) is 22.4. The molecule has 41 heavy (non-hydrogen) atoms. The third-order valence-corrected chi connectivity index (χ3v) is 10.5. The summed E-state index contributed by atoms with van der Waals surface area (Å²) in [6, 6.07) is 7.94. The Balaban J connectivity index is 1.51. The molecule has 1 aromatic heterocycles. The second kappa shape index (κ2) is 12.0. The maximum Gasteiger partial charge on any atom is 0.490 e. The number of aromatic nitrogens is 1. The van der Waals surface area contributed by atoms with Gasteiger partial charge in [-0.3, -0.25) is 4.52 Å². The van der Waals surface area contributed by atoms with Gasteiger partial charge in [-0.1, -0.05) is 19.6 Å². The number of hydrogen-bond acceptors (Lipinski definition) is 11. The fourth-order valence-corrected chi connectivity index (χ4v) is 7.80. The number of ether oxygens (including phenoxy) is 1. The van der Waals surface area contributed by atoms with Crippen molar-refractivity contribution in [2.24, 2.45) is 5.92 Å². The van der Waals surface area contributed by atoms with Gasteiger partial charge in [-0.05, 0) is 43.7 Å². The molecule has 6 atom stereocenters. The number of phosphoric ester groups is 1. The van der Waals surface area contributed by atoms with Gasteiger partial charge >= 0.3 is 23.5 Å². The lowest BCUT2D eigenvalue weighted by Gasteiger charge is -2.24. The van der Waals surface area contributed by atoms with Crippen LogP contribution >= 0.6 is 23.5 Å². The first-order chi connectivity index (χ1) is 19.0. The van der Waals surface area contributed by atoms with Crippen LogP contribution in [0.3, 0.4) is 0 Å². The monoisotopic (exact) mass is 635 g/mol. The predicted molar refractivity (Wildman–Crippen MR) is 148 cm³/mol. The molecule has 0 radical (unpaired) electrons. The molecule has 1 saturated heterocycles. The van der Waals surface area contributed by atoms with Crippen LogP contribution in [0.1, 0.15) is 38.0 Å². The molecule has 0 saturated carbocycles. The van der Waals surface area contributed by atoms with Crippen molar-refractivity contribution in [3.63, 3.8) is 0 Å².